The maximum atomic E-state index is 12.1. The number of anilines is 1. The molecule has 2 unspecified atom stereocenters. The summed E-state index contributed by atoms with van der Waals surface area (Å²) < 4.78 is 5.34. The van der Waals surface area contributed by atoms with Crippen molar-refractivity contribution in [2.24, 2.45) is 11.7 Å². The van der Waals surface area contributed by atoms with Crippen molar-refractivity contribution in [2.75, 3.05) is 12.3 Å². The molecular weight excluding hydrogens is 292 g/mol. The zero-order valence-corrected chi connectivity index (χ0v) is 13.6. The third-order valence-electron chi connectivity index (χ3n) is 3.98. The lowest BCUT2D eigenvalue weighted by Crippen LogP contribution is -2.26. The van der Waals surface area contributed by atoms with Crippen LogP contribution in [0.5, 0.6) is 0 Å². The van der Waals surface area contributed by atoms with Crippen molar-refractivity contribution in [3.8, 4) is 0 Å². The zero-order valence-electron chi connectivity index (χ0n) is 13.6. The van der Waals surface area contributed by atoms with Crippen LogP contribution in [0.3, 0.4) is 0 Å². The van der Waals surface area contributed by atoms with E-state index in [1.165, 1.54) is 6.26 Å². The maximum Gasteiger partial charge on any atom is 0.273 e. The highest BCUT2D eigenvalue weighted by molar-refractivity contribution is 5.91. The minimum atomic E-state index is -0.295. The van der Waals surface area contributed by atoms with Gasteiger partial charge in [-0.3, -0.25) is 4.79 Å². The van der Waals surface area contributed by atoms with Gasteiger partial charge in [-0.1, -0.05) is 32.4 Å². The molecule has 6 nitrogen and oxygen atoms in total. The molecule has 2 atom stereocenters. The molecule has 1 amide bonds. The number of nitrogens with two attached hydrogens (primary N) is 2. The average molecular weight is 316 g/mol. The molecule has 2 aromatic rings. The van der Waals surface area contributed by atoms with E-state index in [1.807, 2.05) is 31.2 Å². The Morgan fingerprint density at radius 1 is 1.35 bits per heavy atom. The molecule has 5 N–H and O–H groups in total. The summed E-state index contributed by atoms with van der Waals surface area (Å²) in [5, 5.41) is 2.82. The van der Waals surface area contributed by atoms with Crippen LogP contribution < -0.4 is 16.8 Å². The average Bonchev–Trinajstić information content (AvgIpc) is 3.05. The minimum absolute atomic E-state index is 0.245. The largest absolute Gasteiger partial charge is 0.446 e. The van der Waals surface area contributed by atoms with Crippen LogP contribution in [-0.4, -0.2) is 17.4 Å². The fraction of sp³-hybridized carbons (Fsp3) is 0.412. The van der Waals surface area contributed by atoms with Crippen LogP contribution in [0.25, 0.3) is 0 Å². The van der Waals surface area contributed by atoms with Crippen molar-refractivity contribution in [1.29, 1.82) is 0 Å². The number of carbonyl (C=O) groups excluding carboxylic acids is 1. The number of aromatic nitrogens is 1. The Morgan fingerprint density at radius 3 is 2.70 bits per heavy atom. The number of nitrogen functional groups attached to an aromatic ring is 1. The lowest BCUT2D eigenvalue weighted by atomic mass is 10.0. The summed E-state index contributed by atoms with van der Waals surface area (Å²) in [6.07, 6.45) is 3.01. The Labute approximate surface area is 136 Å². The van der Waals surface area contributed by atoms with E-state index in [0.29, 0.717) is 12.4 Å². The summed E-state index contributed by atoms with van der Waals surface area (Å²) in [6.45, 7) is 4.60. The Hall–Kier alpha value is -2.34. The molecular formula is C17H24N4O2. The molecule has 1 aromatic carbocycles. The highest BCUT2D eigenvalue weighted by Gasteiger charge is 2.20. The number of carbonyl (C=O) groups is 1. The number of oxazole rings is 1. The van der Waals surface area contributed by atoms with Gasteiger partial charge in [0.15, 0.2) is 5.69 Å². The van der Waals surface area contributed by atoms with E-state index in [-0.39, 0.29) is 23.6 Å². The predicted octanol–water partition coefficient (Wildman–Crippen LogP) is 2.28. The van der Waals surface area contributed by atoms with Gasteiger partial charge in [-0.2, -0.15) is 0 Å². The van der Waals surface area contributed by atoms with Gasteiger partial charge in [-0.05, 0) is 30.0 Å². The van der Waals surface area contributed by atoms with E-state index in [0.717, 1.165) is 24.1 Å². The monoisotopic (exact) mass is 316 g/mol. The predicted molar refractivity (Wildman–Crippen MR) is 89.8 cm³/mol. The van der Waals surface area contributed by atoms with E-state index >= 15 is 0 Å². The lowest BCUT2D eigenvalue weighted by Gasteiger charge is -2.13. The first kappa shape index (κ1) is 17.0. The van der Waals surface area contributed by atoms with Crippen molar-refractivity contribution in [3.63, 3.8) is 0 Å². The van der Waals surface area contributed by atoms with Gasteiger partial charge in [0.2, 0.25) is 5.89 Å². The summed E-state index contributed by atoms with van der Waals surface area (Å²) >= 11 is 0. The van der Waals surface area contributed by atoms with Gasteiger partial charge in [0, 0.05) is 12.2 Å². The Kier molecular flexibility index (Phi) is 5.76. The van der Waals surface area contributed by atoms with Crippen LogP contribution in [0.1, 0.15) is 48.3 Å². The number of rotatable bonds is 7. The summed E-state index contributed by atoms with van der Waals surface area (Å²) in [5.41, 5.74) is 13.8. The van der Waals surface area contributed by atoms with E-state index in [4.69, 9.17) is 15.9 Å². The second kappa shape index (κ2) is 7.78. The first-order chi connectivity index (χ1) is 11.0. The van der Waals surface area contributed by atoms with Crippen molar-refractivity contribution in [2.45, 2.75) is 32.7 Å². The van der Waals surface area contributed by atoms with Crippen LogP contribution >= 0.6 is 0 Å². The molecule has 0 saturated carbocycles. The van der Waals surface area contributed by atoms with Crippen LogP contribution in [0, 0.1) is 5.92 Å². The number of benzene rings is 1. The standard InChI is InChI=1S/C17H24N4O2/c1-3-11(2)15(19)17-21-14(10-23-17)16(22)20-9-8-12-4-6-13(18)7-5-12/h4-7,10-11,15H,3,8-9,18-19H2,1-2H3,(H,20,22). The molecule has 0 spiro atoms. The third-order valence-corrected chi connectivity index (χ3v) is 3.98. The minimum Gasteiger partial charge on any atom is -0.446 e. The SMILES string of the molecule is CCC(C)C(N)c1nc(C(=O)NCCc2ccc(N)cc2)co1. The van der Waals surface area contributed by atoms with Gasteiger partial charge in [-0.15, -0.1) is 0 Å². The van der Waals surface area contributed by atoms with Gasteiger partial charge in [0.05, 0.1) is 6.04 Å². The molecule has 1 heterocycles. The van der Waals surface area contributed by atoms with Gasteiger partial charge < -0.3 is 21.2 Å². The molecule has 6 heteroatoms. The first-order valence-electron chi connectivity index (χ1n) is 7.85. The molecule has 0 aliphatic rings. The summed E-state index contributed by atoms with van der Waals surface area (Å²) in [4.78, 5) is 16.3. The van der Waals surface area contributed by atoms with Crippen LogP contribution in [0.2, 0.25) is 0 Å². The van der Waals surface area contributed by atoms with Crippen LogP contribution in [0.15, 0.2) is 34.9 Å². The molecule has 0 saturated heterocycles. The van der Waals surface area contributed by atoms with Crippen molar-refractivity contribution >= 4 is 11.6 Å². The Morgan fingerprint density at radius 2 is 2.04 bits per heavy atom. The van der Waals surface area contributed by atoms with E-state index in [9.17, 15) is 4.79 Å². The van der Waals surface area contributed by atoms with Crippen molar-refractivity contribution < 1.29 is 9.21 Å². The molecule has 0 radical (unpaired) electrons. The maximum absolute atomic E-state index is 12.1. The van der Waals surface area contributed by atoms with Crippen LogP contribution in [-0.2, 0) is 6.42 Å². The third kappa shape index (κ3) is 4.56. The molecule has 1 aromatic heterocycles. The molecule has 0 bridgehead atoms. The number of hydrogen-bond donors (Lipinski definition) is 3. The van der Waals surface area contributed by atoms with Crippen LogP contribution in [0.4, 0.5) is 5.69 Å². The fourth-order valence-electron chi connectivity index (χ4n) is 2.14. The molecule has 0 aliphatic heterocycles. The number of hydrogen-bond acceptors (Lipinski definition) is 5. The van der Waals surface area contributed by atoms with Crippen molar-refractivity contribution in [1.82, 2.24) is 10.3 Å². The fourth-order valence-corrected chi connectivity index (χ4v) is 2.14. The smallest absolute Gasteiger partial charge is 0.273 e. The topological polar surface area (TPSA) is 107 Å². The number of nitrogens with one attached hydrogen (secondary N) is 1. The second-order valence-corrected chi connectivity index (χ2v) is 5.73. The molecule has 0 aliphatic carbocycles. The van der Waals surface area contributed by atoms with E-state index in [1.54, 1.807) is 0 Å². The summed E-state index contributed by atoms with van der Waals surface area (Å²) in [5.74, 6) is 0.393. The molecule has 23 heavy (non-hydrogen) atoms. The summed E-state index contributed by atoms with van der Waals surface area (Å²) in [7, 11) is 0. The van der Waals surface area contributed by atoms with Gasteiger partial charge in [-0.25, -0.2) is 4.98 Å². The summed E-state index contributed by atoms with van der Waals surface area (Å²) in [6, 6.07) is 7.28. The van der Waals surface area contributed by atoms with Crippen molar-refractivity contribution in [3.05, 3.63) is 47.7 Å². The molecule has 0 fully saturated rings. The Balaban J connectivity index is 1.86. The van der Waals surface area contributed by atoms with E-state index < -0.39 is 0 Å². The first-order valence-corrected chi connectivity index (χ1v) is 7.85. The Bertz CT molecular complexity index is 636. The number of nitrogens with zero attached hydrogens (tertiary/aromatic N) is 1. The molecule has 2 rings (SSSR count). The second-order valence-electron chi connectivity index (χ2n) is 5.73. The van der Waals surface area contributed by atoms with E-state index in [2.05, 4.69) is 17.2 Å². The highest BCUT2D eigenvalue weighted by Crippen LogP contribution is 2.21. The molecule has 124 valence electrons. The van der Waals surface area contributed by atoms with Gasteiger partial charge in [0.1, 0.15) is 6.26 Å². The number of amides is 1. The zero-order chi connectivity index (χ0) is 16.8. The normalized spacial score (nSPS) is 13.5. The lowest BCUT2D eigenvalue weighted by molar-refractivity contribution is 0.0949. The van der Waals surface area contributed by atoms with Gasteiger partial charge >= 0.3 is 0 Å². The highest BCUT2D eigenvalue weighted by atomic mass is 16.3. The van der Waals surface area contributed by atoms with Gasteiger partial charge in [0.25, 0.3) is 5.91 Å². The quantitative estimate of drug-likeness (QED) is 0.679.